The topological polar surface area (TPSA) is 73.9 Å². The molecule has 0 aliphatic carbocycles. The fourth-order valence-corrected chi connectivity index (χ4v) is 2.16. The van der Waals surface area contributed by atoms with Gasteiger partial charge in [0.1, 0.15) is 5.84 Å². The molecule has 0 amide bonds. The highest BCUT2D eigenvalue weighted by Crippen LogP contribution is 2.19. The summed E-state index contributed by atoms with van der Waals surface area (Å²) in [6, 6.07) is 0.508. The van der Waals surface area contributed by atoms with Crippen LogP contribution >= 0.6 is 0 Å². The summed E-state index contributed by atoms with van der Waals surface area (Å²) in [5.41, 5.74) is 5.42. The van der Waals surface area contributed by atoms with E-state index in [1.807, 2.05) is 13.8 Å². The van der Waals surface area contributed by atoms with Gasteiger partial charge in [-0.05, 0) is 52.4 Å². The number of hydrogen-bond acceptors (Lipinski definition) is 4. The highest BCUT2D eigenvalue weighted by atomic mass is 16.4. The quantitative estimate of drug-likeness (QED) is 0.236. The molecule has 0 aliphatic rings. The lowest BCUT2D eigenvalue weighted by Gasteiger charge is -2.24. The number of nitrogens with one attached hydrogen (secondary N) is 1. The van der Waals surface area contributed by atoms with Crippen molar-refractivity contribution in [2.24, 2.45) is 16.3 Å². The summed E-state index contributed by atoms with van der Waals surface area (Å²) in [6.07, 6.45) is 3.27. The van der Waals surface area contributed by atoms with Gasteiger partial charge in [0.2, 0.25) is 0 Å². The largest absolute Gasteiger partial charge is 0.409 e. The van der Waals surface area contributed by atoms with Crippen molar-refractivity contribution in [2.75, 3.05) is 26.2 Å². The lowest BCUT2D eigenvalue weighted by atomic mass is 9.88. The van der Waals surface area contributed by atoms with Gasteiger partial charge in [0.25, 0.3) is 0 Å². The van der Waals surface area contributed by atoms with Crippen molar-refractivity contribution < 1.29 is 5.21 Å². The molecular weight excluding hydrogens is 252 g/mol. The zero-order valence-electron chi connectivity index (χ0n) is 13.9. The Morgan fingerprint density at radius 1 is 1.35 bits per heavy atom. The Bertz CT molecular complexity index is 275. The van der Waals surface area contributed by atoms with Gasteiger partial charge in [0.15, 0.2) is 0 Å². The maximum absolute atomic E-state index is 8.73. The Hall–Kier alpha value is -0.810. The summed E-state index contributed by atoms with van der Waals surface area (Å²) in [6.45, 7) is 15.0. The van der Waals surface area contributed by atoms with E-state index < -0.39 is 0 Å². The van der Waals surface area contributed by atoms with Crippen molar-refractivity contribution in [3.63, 3.8) is 0 Å². The first-order chi connectivity index (χ1) is 9.37. The van der Waals surface area contributed by atoms with Crippen LogP contribution in [0.4, 0.5) is 0 Å². The lowest BCUT2D eigenvalue weighted by molar-refractivity contribution is 0.288. The van der Waals surface area contributed by atoms with E-state index in [1.54, 1.807) is 0 Å². The molecule has 5 heteroatoms. The molecule has 0 bridgehead atoms. The number of oxime groups is 1. The zero-order chi connectivity index (χ0) is 15.6. The van der Waals surface area contributed by atoms with E-state index in [0.29, 0.717) is 11.9 Å². The van der Waals surface area contributed by atoms with Crippen LogP contribution in [0.15, 0.2) is 5.16 Å². The van der Waals surface area contributed by atoms with Crippen molar-refractivity contribution in [1.29, 1.82) is 0 Å². The Balaban J connectivity index is 3.81. The molecule has 0 aliphatic heterocycles. The summed E-state index contributed by atoms with van der Waals surface area (Å²) in [5.74, 6) is 0.300. The number of amidine groups is 1. The minimum absolute atomic E-state index is 0.261. The first-order valence-corrected chi connectivity index (χ1v) is 7.81. The second kappa shape index (κ2) is 10.00. The molecule has 0 aromatic heterocycles. The van der Waals surface area contributed by atoms with Gasteiger partial charge in [-0.25, -0.2) is 0 Å². The van der Waals surface area contributed by atoms with E-state index in [0.717, 1.165) is 26.1 Å². The highest BCUT2D eigenvalue weighted by Gasteiger charge is 2.23. The molecule has 0 heterocycles. The SMILES string of the molecule is CCN(CC)CCCC(C)NCCC(C)(C)C(N)=NO. The Kier molecular flexibility index (Phi) is 9.59. The van der Waals surface area contributed by atoms with Gasteiger partial charge in [-0.3, -0.25) is 0 Å². The molecule has 1 unspecified atom stereocenters. The minimum atomic E-state index is -0.261. The molecule has 1 atom stereocenters. The van der Waals surface area contributed by atoms with Crippen molar-refractivity contribution >= 4 is 5.84 Å². The van der Waals surface area contributed by atoms with Crippen LogP contribution in [-0.4, -0.2) is 48.2 Å². The van der Waals surface area contributed by atoms with Crippen LogP contribution in [0.3, 0.4) is 0 Å². The molecule has 0 rings (SSSR count). The smallest absolute Gasteiger partial charge is 0.144 e. The summed E-state index contributed by atoms with van der Waals surface area (Å²) in [5, 5.41) is 15.4. The first-order valence-electron chi connectivity index (χ1n) is 7.81. The standard InChI is InChI=1S/C15H34N4O/c1-6-19(7-2)12-8-9-13(3)17-11-10-15(4,5)14(16)18-20/h13,17,20H,6-12H2,1-5H3,(H2,16,18). The van der Waals surface area contributed by atoms with E-state index >= 15 is 0 Å². The van der Waals surface area contributed by atoms with Gasteiger partial charge in [-0.1, -0.05) is 32.9 Å². The fourth-order valence-electron chi connectivity index (χ4n) is 2.16. The van der Waals surface area contributed by atoms with Crippen molar-refractivity contribution in [3.8, 4) is 0 Å². The van der Waals surface area contributed by atoms with Crippen molar-refractivity contribution in [1.82, 2.24) is 10.2 Å². The Morgan fingerprint density at radius 3 is 2.45 bits per heavy atom. The maximum atomic E-state index is 8.73. The van der Waals surface area contributed by atoms with E-state index in [2.05, 4.69) is 36.1 Å². The number of rotatable bonds is 11. The van der Waals surface area contributed by atoms with E-state index in [4.69, 9.17) is 10.9 Å². The third-order valence-electron chi connectivity index (χ3n) is 4.05. The molecule has 20 heavy (non-hydrogen) atoms. The van der Waals surface area contributed by atoms with Gasteiger partial charge in [0.05, 0.1) is 0 Å². The average molecular weight is 286 g/mol. The third-order valence-corrected chi connectivity index (χ3v) is 4.05. The van der Waals surface area contributed by atoms with Gasteiger partial charge >= 0.3 is 0 Å². The predicted molar refractivity (Wildman–Crippen MR) is 86.3 cm³/mol. The Morgan fingerprint density at radius 2 is 1.95 bits per heavy atom. The molecule has 0 saturated heterocycles. The Labute approximate surface area is 124 Å². The average Bonchev–Trinajstić information content (AvgIpc) is 2.42. The number of hydrogen-bond donors (Lipinski definition) is 3. The molecule has 0 aromatic rings. The van der Waals surface area contributed by atoms with Gasteiger partial charge in [0, 0.05) is 11.5 Å². The monoisotopic (exact) mass is 286 g/mol. The van der Waals surface area contributed by atoms with E-state index in [-0.39, 0.29) is 5.41 Å². The summed E-state index contributed by atoms with van der Waals surface area (Å²) in [7, 11) is 0. The van der Waals surface area contributed by atoms with Crippen LogP contribution in [0.5, 0.6) is 0 Å². The van der Waals surface area contributed by atoms with Crippen LogP contribution in [0, 0.1) is 5.41 Å². The summed E-state index contributed by atoms with van der Waals surface area (Å²) < 4.78 is 0. The molecule has 120 valence electrons. The molecular formula is C15H34N4O. The van der Waals surface area contributed by atoms with Crippen molar-refractivity contribution in [3.05, 3.63) is 0 Å². The van der Waals surface area contributed by atoms with Crippen LogP contribution in [-0.2, 0) is 0 Å². The maximum Gasteiger partial charge on any atom is 0.144 e. The van der Waals surface area contributed by atoms with Crippen molar-refractivity contribution in [2.45, 2.75) is 59.9 Å². The normalized spacial score (nSPS) is 14.8. The summed E-state index contributed by atoms with van der Waals surface area (Å²) in [4.78, 5) is 2.45. The van der Waals surface area contributed by atoms with E-state index in [1.165, 1.54) is 19.4 Å². The van der Waals surface area contributed by atoms with Crippen LogP contribution in [0.25, 0.3) is 0 Å². The van der Waals surface area contributed by atoms with Gasteiger partial charge in [-0.15, -0.1) is 0 Å². The predicted octanol–water partition coefficient (Wildman–Crippen LogP) is 2.25. The molecule has 0 aromatic carbocycles. The van der Waals surface area contributed by atoms with Gasteiger partial charge < -0.3 is 21.2 Å². The molecule has 0 radical (unpaired) electrons. The molecule has 0 fully saturated rings. The van der Waals surface area contributed by atoms with Crippen LogP contribution in [0.2, 0.25) is 0 Å². The summed E-state index contributed by atoms with van der Waals surface area (Å²) >= 11 is 0. The molecule has 0 spiro atoms. The molecule has 0 saturated carbocycles. The van der Waals surface area contributed by atoms with E-state index in [9.17, 15) is 0 Å². The minimum Gasteiger partial charge on any atom is -0.409 e. The lowest BCUT2D eigenvalue weighted by Crippen LogP contribution is -2.37. The highest BCUT2D eigenvalue weighted by molar-refractivity contribution is 5.85. The van der Waals surface area contributed by atoms with Gasteiger partial charge in [-0.2, -0.15) is 0 Å². The zero-order valence-corrected chi connectivity index (χ0v) is 13.9. The third kappa shape index (κ3) is 7.70. The second-order valence-electron chi connectivity index (χ2n) is 6.14. The fraction of sp³-hybridized carbons (Fsp3) is 0.933. The molecule has 5 nitrogen and oxygen atoms in total. The van der Waals surface area contributed by atoms with Crippen LogP contribution < -0.4 is 11.1 Å². The van der Waals surface area contributed by atoms with Crippen LogP contribution in [0.1, 0.15) is 53.9 Å². The molecule has 4 N–H and O–H groups in total. The second-order valence-corrected chi connectivity index (χ2v) is 6.14. The number of nitrogens with two attached hydrogens (primary N) is 1. The first kappa shape index (κ1) is 19.2. The number of nitrogens with zero attached hydrogens (tertiary/aromatic N) is 2.